The van der Waals surface area contributed by atoms with Crippen molar-refractivity contribution in [2.75, 3.05) is 13.1 Å². The molecule has 100 valence electrons. The van der Waals surface area contributed by atoms with E-state index in [0.717, 1.165) is 19.6 Å². The van der Waals surface area contributed by atoms with Gasteiger partial charge in [-0.05, 0) is 44.0 Å². The third-order valence-corrected chi connectivity index (χ3v) is 4.04. The summed E-state index contributed by atoms with van der Waals surface area (Å²) < 4.78 is 0. The molecule has 3 rings (SSSR count). The molecule has 0 aliphatic carbocycles. The first kappa shape index (κ1) is 12.4. The standard InChI is InChI=1S/C15H20N4/c1-11-4-3-6-16-14(11)10-19-7-5-13(9-19)15-12(2)8-17-18-15/h3-4,6,8,13H,5,7,9-10H2,1-2H3,(H,17,18). The van der Waals surface area contributed by atoms with Crippen molar-refractivity contribution >= 4 is 0 Å². The number of nitrogens with one attached hydrogen (secondary N) is 1. The van der Waals surface area contributed by atoms with E-state index in [1.54, 1.807) is 0 Å². The van der Waals surface area contributed by atoms with E-state index in [2.05, 4.69) is 40.0 Å². The number of aromatic nitrogens is 3. The van der Waals surface area contributed by atoms with Crippen LogP contribution in [0.1, 0.15) is 34.9 Å². The molecule has 1 aliphatic heterocycles. The number of rotatable bonds is 3. The summed E-state index contributed by atoms with van der Waals surface area (Å²) in [6, 6.07) is 4.13. The Morgan fingerprint density at radius 2 is 2.26 bits per heavy atom. The number of pyridine rings is 1. The molecule has 1 unspecified atom stereocenters. The molecule has 0 aromatic carbocycles. The molecule has 2 aromatic heterocycles. The molecule has 3 heterocycles. The van der Waals surface area contributed by atoms with E-state index in [4.69, 9.17) is 0 Å². The Balaban J connectivity index is 1.67. The molecule has 1 atom stereocenters. The minimum absolute atomic E-state index is 0.589. The molecular formula is C15H20N4. The Bertz CT molecular complexity index is 561. The van der Waals surface area contributed by atoms with Crippen molar-refractivity contribution in [1.29, 1.82) is 0 Å². The van der Waals surface area contributed by atoms with E-state index >= 15 is 0 Å². The van der Waals surface area contributed by atoms with Crippen LogP contribution in [0.2, 0.25) is 0 Å². The monoisotopic (exact) mass is 256 g/mol. The first-order chi connectivity index (χ1) is 9.24. The molecule has 2 aromatic rings. The molecule has 0 saturated carbocycles. The van der Waals surface area contributed by atoms with Gasteiger partial charge < -0.3 is 0 Å². The highest BCUT2D eigenvalue weighted by atomic mass is 15.2. The van der Waals surface area contributed by atoms with E-state index in [-0.39, 0.29) is 0 Å². The molecule has 0 amide bonds. The highest BCUT2D eigenvalue weighted by Gasteiger charge is 2.26. The van der Waals surface area contributed by atoms with Gasteiger partial charge in [0, 0.05) is 30.9 Å². The van der Waals surface area contributed by atoms with E-state index < -0.39 is 0 Å². The van der Waals surface area contributed by atoms with Crippen molar-refractivity contribution in [3.05, 3.63) is 47.0 Å². The Kier molecular flexibility index (Phi) is 3.34. The quantitative estimate of drug-likeness (QED) is 0.917. The molecular weight excluding hydrogens is 236 g/mol. The normalized spacial score (nSPS) is 20.0. The van der Waals surface area contributed by atoms with Crippen LogP contribution in [-0.2, 0) is 6.54 Å². The Morgan fingerprint density at radius 1 is 1.37 bits per heavy atom. The molecule has 1 aliphatic rings. The minimum Gasteiger partial charge on any atom is -0.297 e. The van der Waals surface area contributed by atoms with Gasteiger partial charge in [-0.25, -0.2) is 0 Å². The predicted octanol–water partition coefficient (Wildman–Crippen LogP) is 2.41. The van der Waals surface area contributed by atoms with Crippen LogP contribution in [-0.4, -0.2) is 33.2 Å². The van der Waals surface area contributed by atoms with Gasteiger partial charge >= 0.3 is 0 Å². The van der Waals surface area contributed by atoms with E-state index in [0.29, 0.717) is 5.92 Å². The molecule has 1 N–H and O–H groups in total. The number of likely N-dealkylation sites (tertiary alicyclic amines) is 1. The summed E-state index contributed by atoms with van der Waals surface area (Å²) in [5.41, 5.74) is 5.06. The fourth-order valence-corrected chi connectivity index (χ4v) is 2.88. The molecule has 1 saturated heterocycles. The zero-order chi connectivity index (χ0) is 13.2. The van der Waals surface area contributed by atoms with E-state index in [1.165, 1.54) is 28.9 Å². The second kappa shape index (κ2) is 5.13. The van der Waals surface area contributed by atoms with Gasteiger partial charge in [-0.15, -0.1) is 0 Å². The fourth-order valence-electron chi connectivity index (χ4n) is 2.88. The molecule has 4 heteroatoms. The lowest BCUT2D eigenvalue weighted by Gasteiger charge is -2.16. The van der Waals surface area contributed by atoms with Crippen molar-refractivity contribution in [2.24, 2.45) is 0 Å². The maximum absolute atomic E-state index is 4.49. The first-order valence-corrected chi connectivity index (χ1v) is 6.87. The second-order valence-corrected chi connectivity index (χ2v) is 5.45. The third-order valence-electron chi connectivity index (χ3n) is 4.04. The predicted molar refractivity (Wildman–Crippen MR) is 74.9 cm³/mol. The zero-order valence-corrected chi connectivity index (χ0v) is 11.6. The lowest BCUT2D eigenvalue weighted by Crippen LogP contribution is -2.21. The zero-order valence-electron chi connectivity index (χ0n) is 11.6. The maximum atomic E-state index is 4.49. The van der Waals surface area contributed by atoms with Crippen LogP contribution in [0.4, 0.5) is 0 Å². The van der Waals surface area contributed by atoms with Gasteiger partial charge in [-0.2, -0.15) is 5.10 Å². The second-order valence-electron chi connectivity index (χ2n) is 5.45. The highest BCUT2D eigenvalue weighted by Crippen LogP contribution is 2.28. The van der Waals surface area contributed by atoms with Crippen LogP contribution >= 0.6 is 0 Å². The number of hydrogen-bond donors (Lipinski definition) is 1. The molecule has 0 bridgehead atoms. The van der Waals surface area contributed by atoms with Crippen molar-refractivity contribution < 1.29 is 0 Å². The first-order valence-electron chi connectivity index (χ1n) is 6.87. The molecule has 0 radical (unpaired) electrons. The van der Waals surface area contributed by atoms with E-state index in [1.807, 2.05) is 18.5 Å². The maximum Gasteiger partial charge on any atom is 0.0573 e. The number of nitrogens with zero attached hydrogens (tertiary/aromatic N) is 3. The van der Waals surface area contributed by atoms with Crippen LogP contribution in [0.5, 0.6) is 0 Å². The van der Waals surface area contributed by atoms with Crippen molar-refractivity contribution in [1.82, 2.24) is 20.1 Å². The topological polar surface area (TPSA) is 44.8 Å². The minimum atomic E-state index is 0.589. The third kappa shape index (κ3) is 2.54. The van der Waals surface area contributed by atoms with Crippen molar-refractivity contribution in [3.63, 3.8) is 0 Å². The van der Waals surface area contributed by atoms with Gasteiger partial charge in [-0.3, -0.25) is 15.0 Å². The highest BCUT2D eigenvalue weighted by molar-refractivity contribution is 5.21. The molecule has 1 fully saturated rings. The number of hydrogen-bond acceptors (Lipinski definition) is 3. The lowest BCUT2D eigenvalue weighted by atomic mass is 10.0. The van der Waals surface area contributed by atoms with Crippen LogP contribution in [0.3, 0.4) is 0 Å². The van der Waals surface area contributed by atoms with E-state index in [9.17, 15) is 0 Å². The summed E-state index contributed by atoms with van der Waals surface area (Å²) in [6.45, 7) is 7.45. The summed E-state index contributed by atoms with van der Waals surface area (Å²) in [6.07, 6.45) is 5.00. The van der Waals surface area contributed by atoms with Gasteiger partial charge in [0.05, 0.1) is 11.9 Å². The Morgan fingerprint density at radius 3 is 3.00 bits per heavy atom. The van der Waals surface area contributed by atoms with Gasteiger partial charge in [0.2, 0.25) is 0 Å². The summed E-state index contributed by atoms with van der Waals surface area (Å²) in [5, 5.41) is 7.28. The summed E-state index contributed by atoms with van der Waals surface area (Å²) in [4.78, 5) is 6.97. The molecule has 19 heavy (non-hydrogen) atoms. The summed E-state index contributed by atoms with van der Waals surface area (Å²) >= 11 is 0. The average molecular weight is 256 g/mol. The van der Waals surface area contributed by atoms with Gasteiger partial charge in [0.25, 0.3) is 0 Å². The number of aryl methyl sites for hydroxylation is 2. The molecule has 4 nitrogen and oxygen atoms in total. The smallest absolute Gasteiger partial charge is 0.0573 e. The van der Waals surface area contributed by atoms with Gasteiger partial charge in [0.15, 0.2) is 0 Å². The largest absolute Gasteiger partial charge is 0.297 e. The summed E-state index contributed by atoms with van der Waals surface area (Å²) in [5.74, 6) is 0.589. The average Bonchev–Trinajstić information content (AvgIpc) is 3.01. The van der Waals surface area contributed by atoms with Gasteiger partial charge in [0.1, 0.15) is 0 Å². The fraction of sp³-hybridized carbons (Fsp3) is 0.467. The number of aromatic amines is 1. The van der Waals surface area contributed by atoms with Gasteiger partial charge in [-0.1, -0.05) is 6.07 Å². The summed E-state index contributed by atoms with van der Waals surface area (Å²) in [7, 11) is 0. The molecule has 0 spiro atoms. The van der Waals surface area contributed by atoms with Crippen LogP contribution < -0.4 is 0 Å². The van der Waals surface area contributed by atoms with Crippen molar-refractivity contribution in [3.8, 4) is 0 Å². The lowest BCUT2D eigenvalue weighted by molar-refractivity contribution is 0.321. The Hall–Kier alpha value is -1.68. The number of H-pyrrole nitrogens is 1. The van der Waals surface area contributed by atoms with Crippen LogP contribution in [0.25, 0.3) is 0 Å². The Labute approximate surface area is 113 Å². The SMILES string of the molecule is Cc1cccnc1CN1CCC(c2[nH]ncc2C)C1. The van der Waals surface area contributed by atoms with Crippen LogP contribution in [0.15, 0.2) is 24.5 Å². The van der Waals surface area contributed by atoms with Crippen molar-refractivity contribution in [2.45, 2.75) is 32.7 Å². The van der Waals surface area contributed by atoms with Crippen LogP contribution in [0, 0.1) is 13.8 Å².